The van der Waals surface area contributed by atoms with Gasteiger partial charge in [0.25, 0.3) is 11.8 Å². The lowest BCUT2D eigenvalue weighted by Crippen LogP contribution is -2.25. The summed E-state index contributed by atoms with van der Waals surface area (Å²) in [6.45, 7) is 0.355. The Labute approximate surface area is 167 Å². The number of carbonyl (C=O) groups is 2. The van der Waals surface area contributed by atoms with E-state index >= 15 is 0 Å². The number of nitrogens with one attached hydrogen (secondary N) is 2. The molecule has 1 aromatic heterocycles. The van der Waals surface area contributed by atoms with Crippen molar-refractivity contribution in [1.82, 2.24) is 20.4 Å². The van der Waals surface area contributed by atoms with Crippen molar-refractivity contribution in [1.29, 1.82) is 0 Å². The van der Waals surface area contributed by atoms with Crippen molar-refractivity contribution in [3.05, 3.63) is 82.6 Å². The third-order valence-electron chi connectivity index (χ3n) is 4.48. The average molecular weight is 395 g/mol. The van der Waals surface area contributed by atoms with Gasteiger partial charge in [-0.05, 0) is 54.8 Å². The summed E-state index contributed by atoms with van der Waals surface area (Å²) in [5.41, 5.74) is 2.64. The van der Waals surface area contributed by atoms with E-state index in [0.717, 1.165) is 24.1 Å². The molecule has 142 valence electrons. The lowest BCUT2D eigenvalue weighted by Gasteiger charge is -2.06. The molecular weight excluding hydrogens is 376 g/mol. The quantitative estimate of drug-likeness (QED) is 0.673. The average Bonchev–Trinajstić information content (AvgIpc) is 3.38. The number of aromatic nitrogens is 2. The topological polar surface area (TPSA) is 76.0 Å². The minimum Gasteiger partial charge on any atom is -0.349 e. The monoisotopic (exact) mass is 394 g/mol. The van der Waals surface area contributed by atoms with Crippen molar-refractivity contribution in [2.45, 2.75) is 25.4 Å². The predicted molar refractivity (Wildman–Crippen MR) is 107 cm³/mol. The molecule has 0 atom stereocenters. The number of amides is 2. The molecule has 0 spiro atoms. The summed E-state index contributed by atoms with van der Waals surface area (Å²) < 4.78 is 1.61. The molecule has 0 aliphatic heterocycles. The van der Waals surface area contributed by atoms with Crippen LogP contribution in [0.15, 0.2) is 60.8 Å². The molecule has 1 aliphatic carbocycles. The van der Waals surface area contributed by atoms with Crippen LogP contribution in [-0.4, -0.2) is 27.6 Å². The van der Waals surface area contributed by atoms with Gasteiger partial charge in [0.2, 0.25) is 0 Å². The Bertz CT molecular complexity index is 1010. The van der Waals surface area contributed by atoms with Crippen molar-refractivity contribution in [2.24, 2.45) is 0 Å². The summed E-state index contributed by atoms with van der Waals surface area (Å²) in [6, 6.07) is 16.5. The highest BCUT2D eigenvalue weighted by molar-refractivity contribution is 6.30. The fourth-order valence-corrected chi connectivity index (χ4v) is 2.94. The fraction of sp³-hybridized carbons (Fsp3) is 0.190. The molecule has 0 radical (unpaired) electrons. The molecule has 3 aromatic rings. The van der Waals surface area contributed by atoms with Gasteiger partial charge in [-0.2, -0.15) is 5.10 Å². The number of benzene rings is 2. The summed E-state index contributed by atoms with van der Waals surface area (Å²) in [6.07, 6.45) is 3.83. The number of hydrogen-bond acceptors (Lipinski definition) is 3. The Morgan fingerprint density at radius 3 is 2.57 bits per heavy atom. The molecule has 2 N–H and O–H groups in total. The van der Waals surface area contributed by atoms with Crippen LogP contribution >= 0.6 is 11.6 Å². The molecule has 7 heteroatoms. The summed E-state index contributed by atoms with van der Waals surface area (Å²) >= 11 is 5.99. The van der Waals surface area contributed by atoms with E-state index in [0.29, 0.717) is 28.9 Å². The van der Waals surface area contributed by atoms with Crippen LogP contribution in [0.4, 0.5) is 0 Å². The lowest BCUT2D eigenvalue weighted by atomic mass is 10.1. The highest BCUT2D eigenvalue weighted by Crippen LogP contribution is 2.19. The first kappa shape index (κ1) is 18.3. The summed E-state index contributed by atoms with van der Waals surface area (Å²) in [5, 5.41) is 10.7. The zero-order valence-corrected chi connectivity index (χ0v) is 15.8. The number of carbonyl (C=O) groups excluding carboxylic acids is 2. The zero-order chi connectivity index (χ0) is 19.5. The standard InChI is InChI=1S/C21H19ClN4O2/c22-16-2-1-3-18(12-16)26-11-10-19(25-26)21(28)23-13-14-4-6-15(7-5-14)20(27)24-17-8-9-17/h1-7,10-12,17H,8-9,13H2,(H,23,28)(H,24,27). The molecule has 0 bridgehead atoms. The van der Waals surface area contributed by atoms with Crippen molar-refractivity contribution < 1.29 is 9.59 Å². The largest absolute Gasteiger partial charge is 0.349 e. The highest BCUT2D eigenvalue weighted by atomic mass is 35.5. The van der Waals surface area contributed by atoms with Gasteiger partial charge in [0.15, 0.2) is 5.69 Å². The van der Waals surface area contributed by atoms with Gasteiger partial charge >= 0.3 is 0 Å². The molecule has 2 aromatic carbocycles. The zero-order valence-electron chi connectivity index (χ0n) is 15.1. The predicted octanol–water partition coefficient (Wildman–Crippen LogP) is 3.35. The highest BCUT2D eigenvalue weighted by Gasteiger charge is 2.23. The maximum absolute atomic E-state index is 12.4. The second-order valence-electron chi connectivity index (χ2n) is 6.75. The Balaban J connectivity index is 1.34. The normalized spacial score (nSPS) is 13.2. The second kappa shape index (κ2) is 7.86. The Morgan fingerprint density at radius 2 is 1.86 bits per heavy atom. The van der Waals surface area contributed by atoms with Crippen LogP contribution in [0.1, 0.15) is 39.3 Å². The molecule has 1 saturated carbocycles. The third kappa shape index (κ3) is 4.40. The van der Waals surface area contributed by atoms with Crippen LogP contribution in [0.2, 0.25) is 5.02 Å². The van der Waals surface area contributed by atoms with Crippen molar-refractivity contribution >= 4 is 23.4 Å². The number of nitrogens with zero attached hydrogens (tertiary/aromatic N) is 2. The molecule has 6 nitrogen and oxygen atoms in total. The summed E-state index contributed by atoms with van der Waals surface area (Å²) in [7, 11) is 0. The molecule has 1 fully saturated rings. The van der Waals surface area contributed by atoms with Gasteiger partial charge in [0.1, 0.15) is 0 Å². The van der Waals surface area contributed by atoms with Crippen molar-refractivity contribution in [2.75, 3.05) is 0 Å². The van der Waals surface area contributed by atoms with Crippen LogP contribution < -0.4 is 10.6 Å². The molecule has 1 heterocycles. The van der Waals surface area contributed by atoms with E-state index in [4.69, 9.17) is 11.6 Å². The van der Waals surface area contributed by atoms with Gasteiger partial charge in [-0.15, -0.1) is 0 Å². The van der Waals surface area contributed by atoms with Gasteiger partial charge in [-0.3, -0.25) is 9.59 Å². The van der Waals surface area contributed by atoms with E-state index in [1.165, 1.54) is 0 Å². The number of hydrogen-bond donors (Lipinski definition) is 2. The van der Waals surface area contributed by atoms with Gasteiger partial charge in [0.05, 0.1) is 5.69 Å². The molecule has 4 rings (SSSR count). The molecular formula is C21H19ClN4O2. The number of halogens is 1. The minimum absolute atomic E-state index is 0.0513. The molecule has 28 heavy (non-hydrogen) atoms. The van der Waals surface area contributed by atoms with E-state index in [1.54, 1.807) is 41.2 Å². The first-order valence-electron chi connectivity index (χ1n) is 9.08. The molecule has 0 saturated heterocycles. The first-order chi connectivity index (χ1) is 13.6. The summed E-state index contributed by atoms with van der Waals surface area (Å²) in [5.74, 6) is -0.319. The van der Waals surface area contributed by atoms with E-state index in [-0.39, 0.29) is 11.8 Å². The van der Waals surface area contributed by atoms with Gasteiger partial charge in [-0.1, -0.05) is 29.8 Å². The van der Waals surface area contributed by atoms with E-state index in [1.807, 2.05) is 24.3 Å². The van der Waals surface area contributed by atoms with Crippen LogP contribution in [0.25, 0.3) is 5.69 Å². The number of rotatable bonds is 6. The van der Waals surface area contributed by atoms with E-state index in [2.05, 4.69) is 15.7 Å². The van der Waals surface area contributed by atoms with Crippen molar-refractivity contribution in [3.8, 4) is 5.69 Å². The molecule has 1 aliphatic rings. The Hall–Kier alpha value is -3.12. The SMILES string of the molecule is O=C(NC1CC1)c1ccc(CNC(=O)c2ccn(-c3cccc(Cl)c3)n2)cc1. The maximum Gasteiger partial charge on any atom is 0.272 e. The van der Waals surface area contributed by atoms with Gasteiger partial charge in [-0.25, -0.2) is 4.68 Å². The van der Waals surface area contributed by atoms with E-state index in [9.17, 15) is 9.59 Å². The molecule has 2 amide bonds. The minimum atomic E-state index is -0.267. The van der Waals surface area contributed by atoms with Crippen LogP contribution in [0.5, 0.6) is 0 Å². The van der Waals surface area contributed by atoms with Crippen molar-refractivity contribution in [3.63, 3.8) is 0 Å². The summed E-state index contributed by atoms with van der Waals surface area (Å²) in [4.78, 5) is 24.4. The third-order valence-corrected chi connectivity index (χ3v) is 4.71. The smallest absolute Gasteiger partial charge is 0.272 e. The van der Waals surface area contributed by atoms with Gasteiger partial charge < -0.3 is 10.6 Å². The molecule has 0 unspecified atom stereocenters. The van der Waals surface area contributed by atoms with Crippen LogP contribution in [0, 0.1) is 0 Å². The Morgan fingerprint density at radius 1 is 1.07 bits per heavy atom. The van der Waals surface area contributed by atoms with Crippen LogP contribution in [0.3, 0.4) is 0 Å². The lowest BCUT2D eigenvalue weighted by molar-refractivity contribution is 0.0938. The second-order valence-corrected chi connectivity index (χ2v) is 7.19. The van der Waals surface area contributed by atoms with Gasteiger partial charge in [0, 0.05) is 29.4 Å². The van der Waals surface area contributed by atoms with Crippen LogP contribution in [-0.2, 0) is 6.54 Å². The van der Waals surface area contributed by atoms with E-state index < -0.39 is 0 Å². The first-order valence-corrected chi connectivity index (χ1v) is 9.46. The fourth-order valence-electron chi connectivity index (χ4n) is 2.75. The maximum atomic E-state index is 12.4. The Kier molecular flexibility index (Phi) is 5.12.